The molecule has 1 unspecified atom stereocenters. The van der Waals surface area contributed by atoms with E-state index in [0.29, 0.717) is 10.7 Å². The molecule has 4 nitrogen and oxygen atoms in total. The number of nitrogen functional groups attached to an aromatic ring is 1. The lowest BCUT2D eigenvalue weighted by molar-refractivity contribution is -0.113. The first-order chi connectivity index (χ1) is 9.95. The molecule has 0 fully saturated rings. The highest BCUT2D eigenvalue weighted by Crippen LogP contribution is 2.18. The number of halogens is 2. The van der Waals surface area contributed by atoms with Gasteiger partial charge >= 0.3 is 0 Å². The summed E-state index contributed by atoms with van der Waals surface area (Å²) in [5.41, 5.74) is 6.16. The zero-order valence-electron chi connectivity index (χ0n) is 10.8. The van der Waals surface area contributed by atoms with E-state index in [1.807, 2.05) is 0 Å². The summed E-state index contributed by atoms with van der Waals surface area (Å²) in [7, 11) is -1.65. The topological polar surface area (TPSA) is 72.2 Å². The minimum absolute atomic E-state index is 0.0592. The standard InChI is InChI=1S/C14H12ClFN2O2S/c15-9-2-1-3-11(6-9)18-14(19)8-21(20)13-5-4-10(16)7-12(13)17/h1-7H,8,17H2,(H,18,19). The number of nitrogens with one attached hydrogen (secondary N) is 1. The quantitative estimate of drug-likeness (QED) is 0.849. The van der Waals surface area contributed by atoms with Crippen LogP contribution in [0.3, 0.4) is 0 Å². The number of rotatable bonds is 4. The average molecular weight is 327 g/mol. The van der Waals surface area contributed by atoms with Crippen LogP contribution in [-0.4, -0.2) is 15.9 Å². The second-order valence-corrected chi connectivity index (χ2v) is 6.09. The number of carbonyl (C=O) groups is 1. The highest BCUT2D eigenvalue weighted by Gasteiger charge is 2.13. The van der Waals surface area contributed by atoms with Crippen molar-refractivity contribution in [3.8, 4) is 0 Å². The van der Waals surface area contributed by atoms with Crippen molar-refractivity contribution in [3.05, 3.63) is 53.3 Å². The van der Waals surface area contributed by atoms with Gasteiger partial charge in [0.15, 0.2) is 0 Å². The van der Waals surface area contributed by atoms with Crippen molar-refractivity contribution in [2.24, 2.45) is 0 Å². The van der Waals surface area contributed by atoms with Crippen molar-refractivity contribution >= 4 is 39.7 Å². The van der Waals surface area contributed by atoms with Crippen LogP contribution in [0.4, 0.5) is 15.8 Å². The number of anilines is 2. The molecule has 0 radical (unpaired) electrons. The van der Waals surface area contributed by atoms with Crippen molar-refractivity contribution in [3.63, 3.8) is 0 Å². The molecule has 2 aromatic carbocycles. The highest BCUT2D eigenvalue weighted by atomic mass is 35.5. The van der Waals surface area contributed by atoms with E-state index in [1.54, 1.807) is 24.3 Å². The van der Waals surface area contributed by atoms with Gasteiger partial charge in [-0.2, -0.15) is 0 Å². The van der Waals surface area contributed by atoms with Gasteiger partial charge in [0.05, 0.1) is 21.4 Å². The first-order valence-corrected chi connectivity index (χ1v) is 7.64. The number of carbonyl (C=O) groups excluding carboxylic acids is 1. The Bertz CT molecular complexity index is 709. The van der Waals surface area contributed by atoms with E-state index in [1.165, 1.54) is 6.07 Å². The molecule has 0 aliphatic rings. The molecule has 7 heteroatoms. The fraction of sp³-hybridized carbons (Fsp3) is 0.0714. The smallest absolute Gasteiger partial charge is 0.237 e. The fourth-order valence-electron chi connectivity index (χ4n) is 1.69. The first kappa shape index (κ1) is 15.5. The minimum Gasteiger partial charge on any atom is -0.398 e. The van der Waals surface area contributed by atoms with Crippen LogP contribution >= 0.6 is 11.6 Å². The average Bonchev–Trinajstić information content (AvgIpc) is 2.38. The maximum absolute atomic E-state index is 12.9. The van der Waals surface area contributed by atoms with E-state index >= 15 is 0 Å². The van der Waals surface area contributed by atoms with Gasteiger partial charge in [0.2, 0.25) is 5.91 Å². The Morgan fingerprint density at radius 1 is 1.29 bits per heavy atom. The Labute approximate surface area is 128 Å². The summed E-state index contributed by atoms with van der Waals surface area (Å²) >= 11 is 5.80. The molecule has 0 saturated heterocycles. The summed E-state index contributed by atoms with van der Waals surface area (Å²) in [5.74, 6) is -1.24. The van der Waals surface area contributed by atoms with Gasteiger partial charge in [0, 0.05) is 10.7 Å². The van der Waals surface area contributed by atoms with Gasteiger partial charge in [-0.25, -0.2) is 4.39 Å². The second-order valence-electron chi connectivity index (χ2n) is 4.23. The Morgan fingerprint density at radius 2 is 2.05 bits per heavy atom. The molecule has 0 aliphatic carbocycles. The number of benzene rings is 2. The van der Waals surface area contributed by atoms with Crippen molar-refractivity contribution in [1.82, 2.24) is 0 Å². The van der Waals surface area contributed by atoms with Crippen molar-refractivity contribution in [2.45, 2.75) is 4.90 Å². The van der Waals surface area contributed by atoms with Gasteiger partial charge in [0.25, 0.3) is 0 Å². The lowest BCUT2D eigenvalue weighted by Gasteiger charge is -2.07. The maximum Gasteiger partial charge on any atom is 0.237 e. The van der Waals surface area contributed by atoms with Crippen molar-refractivity contribution < 1.29 is 13.4 Å². The molecule has 0 aromatic heterocycles. The molecule has 1 amide bonds. The molecule has 1 atom stereocenters. The fourth-order valence-corrected chi connectivity index (χ4v) is 2.88. The summed E-state index contributed by atoms with van der Waals surface area (Å²) < 4.78 is 25.0. The molecular weight excluding hydrogens is 315 g/mol. The van der Waals surface area contributed by atoms with Gasteiger partial charge in [-0.05, 0) is 36.4 Å². The molecule has 3 N–H and O–H groups in total. The van der Waals surface area contributed by atoms with Crippen molar-refractivity contribution in [2.75, 3.05) is 16.8 Å². The predicted molar refractivity (Wildman–Crippen MR) is 82.2 cm³/mol. The summed E-state index contributed by atoms with van der Waals surface area (Å²) in [6.45, 7) is 0. The summed E-state index contributed by atoms with van der Waals surface area (Å²) in [4.78, 5) is 12.1. The van der Waals surface area contributed by atoms with Gasteiger partial charge in [0.1, 0.15) is 11.6 Å². The third-order valence-electron chi connectivity index (χ3n) is 2.59. The largest absolute Gasteiger partial charge is 0.398 e. The van der Waals surface area contributed by atoms with E-state index in [-0.39, 0.29) is 16.3 Å². The van der Waals surface area contributed by atoms with Crippen LogP contribution in [0.5, 0.6) is 0 Å². The Balaban J connectivity index is 2.04. The molecule has 2 rings (SSSR count). The zero-order valence-corrected chi connectivity index (χ0v) is 12.4. The summed E-state index contributed by atoms with van der Waals surface area (Å²) in [5, 5.41) is 3.07. The highest BCUT2D eigenvalue weighted by molar-refractivity contribution is 7.86. The Morgan fingerprint density at radius 3 is 2.71 bits per heavy atom. The second kappa shape index (κ2) is 6.69. The lowest BCUT2D eigenvalue weighted by Crippen LogP contribution is -2.20. The van der Waals surface area contributed by atoms with Gasteiger partial charge < -0.3 is 11.1 Å². The SMILES string of the molecule is Nc1cc(F)ccc1S(=O)CC(=O)Nc1cccc(Cl)c1. The zero-order chi connectivity index (χ0) is 15.4. The Kier molecular flexibility index (Phi) is 4.93. The van der Waals surface area contributed by atoms with Crippen LogP contribution in [0.25, 0.3) is 0 Å². The van der Waals surface area contributed by atoms with Crippen LogP contribution in [0.1, 0.15) is 0 Å². The van der Waals surface area contributed by atoms with Crippen LogP contribution in [-0.2, 0) is 15.6 Å². The number of hydrogen-bond donors (Lipinski definition) is 2. The molecule has 0 saturated carbocycles. The molecule has 0 aliphatic heterocycles. The van der Waals surface area contributed by atoms with Crippen LogP contribution in [0.2, 0.25) is 5.02 Å². The molecular formula is C14H12ClFN2O2S. The van der Waals surface area contributed by atoms with E-state index in [0.717, 1.165) is 12.1 Å². The molecule has 0 heterocycles. The van der Waals surface area contributed by atoms with E-state index in [4.69, 9.17) is 17.3 Å². The van der Waals surface area contributed by atoms with Crippen molar-refractivity contribution in [1.29, 1.82) is 0 Å². The van der Waals surface area contributed by atoms with Crippen LogP contribution in [0.15, 0.2) is 47.4 Å². The van der Waals surface area contributed by atoms with Crippen LogP contribution in [0, 0.1) is 5.82 Å². The Hall–Kier alpha value is -1.92. The summed E-state index contributed by atoms with van der Waals surface area (Å²) in [6, 6.07) is 10.1. The first-order valence-electron chi connectivity index (χ1n) is 5.94. The van der Waals surface area contributed by atoms with Crippen LogP contribution < -0.4 is 11.1 Å². The summed E-state index contributed by atoms with van der Waals surface area (Å²) in [6.07, 6.45) is 0. The molecule has 2 aromatic rings. The molecule has 21 heavy (non-hydrogen) atoms. The molecule has 0 spiro atoms. The number of hydrogen-bond acceptors (Lipinski definition) is 3. The van der Waals surface area contributed by atoms with Gasteiger partial charge in [-0.3, -0.25) is 9.00 Å². The molecule has 0 bridgehead atoms. The lowest BCUT2D eigenvalue weighted by atomic mass is 10.3. The monoisotopic (exact) mass is 326 g/mol. The van der Waals surface area contributed by atoms with E-state index < -0.39 is 22.5 Å². The van der Waals surface area contributed by atoms with Gasteiger partial charge in [-0.15, -0.1) is 0 Å². The normalized spacial score (nSPS) is 11.9. The number of amides is 1. The molecule has 110 valence electrons. The van der Waals surface area contributed by atoms with E-state index in [9.17, 15) is 13.4 Å². The third-order valence-corrected chi connectivity index (χ3v) is 4.21. The maximum atomic E-state index is 12.9. The minimum atomic E-state index is -1.65. The number of nitrogens with two attached hydrogens (primary N) is 1. The van der Waals surface area contributed by atoms with E-state index in [2.05, 4.69) is 5.32 Å². The van der Waals surface area contributed by atoms with Gasteiger partial charge in [-0.1, -0.05) is 17.7 Å². The predicted octanol–water partition coefficient (Wildman–Crippen LogP) is 2.81. The third kappa shape index (κ3) is 4.27.